The van der Waals surface area contributed by atoms with E-state index < -0.39 is 10.8 Å². The Kier molecular flexibility index (Phi) is 20.5. The summed E-state index contributed by atoms with van der Waals surface area (Å²) in [6.45, 7) is 4.33. The van der Waals surface area contributed by atoms with Crippen LogP contribution in [-0.4, -0.2) is 39.0 Å². The van der Waals surface area contributed by atoms with Crippen molar-refractivity contribution in [2.75, 3.05) is 0 Å². The lowest BCUT2D eigenvalue weighted by Crippen LogP contribution is -2.31. The highest BCUT2D eigenvalue weighted by molar-refractivity contribution is 6.12. The molecular weight excluding hydrogens is 1530 g/mol. The Labute approximate surface area is 733 Å². The zero-order chi connectivity index (χ0) is 84.3. The highest BCUT2D eigenvalue weighted by Gasteiger charge is 2.42. The average molecular weight is 1610 g/mol. The standard InChI is InChI=1S/2C59H42N4/c1-41-38-39-53-50(40-41)47-32-18-20-36-52(47)63(53)54-37-21-34-49(58-61-56(42-22-7-2-8-23-42)60-57(62-58)43-24-9-3-10-25-43)55(54)48-33-17-19-35-51(48)59(44-26-11-4-12-27-44,45-28-13-5-14-29-45)46-30-15-6-16-31-46;1-41-34-39-53-51(40-41)49-30-17-18-32-52(49)63(53)54-33-19-31-50(58-61-56(43-20-7-2-8-21-43)60-57(62-58)44-22-9-3-10-23-44)55(54)42-35-37-48(38-36-42)59(45-24-11-4-12-25-45,46-26-13-5-14-27-46)47-28-15-6-16-29-47/h2*2-40H,1H3. The molecule has 596 valence electrons. The molecule has 0 aliphatic carbocycles. The van der Waals surface area contributed by atoms with E-state index in [9.17, 15) is 0 Å². The molecule has 4 aromatic heterocycles. The first kappa shape index (κ1) is 76.9. The summed E-state index contributed by atoms with van der Waals surface area (Å²) in [6, 6.07) is 169. The van der Waals surface area contributed by atoms with Gasteiger partial charge in [0.15, 0.2) is 34.9 Å². The van der Waals surface area contributed by atoms with Crippen molar-refractivity contribution in [1.82, 2.24) is 39.0 Å². The van der Waals surface area contributed by atoms with Gasteiger partial charge in [0, 0.05) is 66.1 Å². The summed E-state index contributed by atoms with van der Waals surface area (Å²) >= 11 is 0. The lowest BCUT2D eigenvalue weighted by Gasteiger charge is -2.38. The van der Waals surface area contributed by atoms with Crippen molar-refractivity contribution < 1.29 is 0 Å². The van der Waals surface area contributed by atoms with E-state index in [0.29, 0.717) is 34.9 Å². The predicted molar refractivity (Wildman–Crippen MR) is 518 cm³/mol. The monoisotopic (exact) mass is 1610 g/mol. The number of aromatic nitrogens is 8. The fourth-order valence-electron chi connectivity index (χ4n) is 19.0. The molecule has 8 nitrogen and oxygen atoms in total. The minimum Gasteiger partial charge on any atom is -0.309 e. The van der Waals surface area contributed by atoms with E-state index >= 15 is 0 Å². The molecule has 22 rings (SSSR count). The second-order valence-corrected chi connectivity index (χ2v) is 32.0. The van der Waals surface area contributed by atoms with Gasteiger partial charge in [0.1, 0.15) is 0 Å². The molecule has 0 radical (unpaired) electrons. The average Bonchev–Trinajstić information content (AvgIpc) is 1.14. The van der Waals surface area contributed by atoms with E-state index in [1.807, 2.05) is 72.8 Å². The summed E-state index contributed by atoms with van der Waals surface area (Å²) in [5.74, 6) is 3.67. The van der Waals surface area contributed by atoms with Crippen molar-refractivity contribution in [2.24, 2.45) is 0 Å². The smallest absolute Gasteiger partial charge is 0.164 e. The Hall–Kier alpha value is -16.4. The van der Waals surface area contributed by atoms with Crippen LogP contribution in [0, 0.1) is 13.8 Å². The lowest BCUT2D eigenvalue weighted by atomic mass is 9.63. The van der Waals surface area contributed by atoms with Gasteiger partial charge < -0.3 is 9.13 Å². The van der Waals surface area contributed by atoms with Gasteiger partial charge in [-0.25, -0.2) is 29.9 Å². The van der Waals surface area contributed by atoms with Gasteiger partial charge in [-0.1, -0.05) is 436 Å². The normalized spacial score (nSPS) is 11.6. The van der Waals surface area contributed by atoms with Gasteiger partial charge in [0.05, 0.1) is 44.3 Å². The van der Waals surface area contributed by atoms with Crippen LogP contribution in [0.3, 0.4) is 0 Å². The van der Waals surface area contributed by atoms with Crippen LogP contribution in [0.15, 0.2) is 473 Å². The van der Waals surface area contributed by atoms with Crippen molar-refractivity contribution >= 4 is 43.6 Å². The van der Waals surface area contributed by atoms with Crippen molar-refractivity contribution in [1.29, 1.82) is 0 Å². The largest absolute Gasteiger partial charge is 0.309 e. The van der Waals surface area contributed by atoms with Crippen molar-refractivity contribution in [3.63, 3.8) is 0 Å². The van der Waals surface area contributed by atoms with E-state index in [1.54, 1.807) is 0 Å². The van der Waals surface area contributed by atoms with E-state index in [2.05, 4.69) is 423 Å². The van der Waals surface area contributed by atoms with Crippen LogP contribution in [0.2, 0.25) is 0 Å². The van der Waals surface area contributed by atoms with Crippen LogP contribution in [0.1, 0.15) is 55.6 Å². The molecule has 0 aliphatic heterocycles. The Balaban J connectivity index is 0.000000154. The van der Waals surface area contributed by atoms with Crippen LogP contribution in [0.5, 0.6) is 0 Å². The maximum atomic E-state index is 5.38. The number of para-hydroxylation sites is 2. The first-order valence-electron chi connectivity index (χ1n) is 42.9. The summed E-state index contributed by atoms with van der Waals surface area (Å²) in [6.07, 6.45) is 0. The topological polar surface area (TPSA) is 87.2 Å². The predicted octanol–water partition coefficient (Wildman–Crippen LogP) is 28.7. The number of aryl methyl sites for hydroxylation is 2. The summed E-state index contributed by atoms with van der Waals surface area (Å²) in [5, 5.41) is 4.83. The second kappa shape index (κ2) is 33.5. The number of hydrogen-bond acceptors (Lipinski definition) is 6. The summed E-state index contributed by atoms with van der Waals surface area (Å²) < 4.78 is 4.85. The fourth-order valence-corrected chi connectivity index (χ4v) is 19.0. The number of nitrogens with zero attached hydrogens (tertiary/aromatic N) is 8. The van der Waals surface area contributed by atoms with E-state index in [-0.39, 0.29) is 0 Å². The zero-order valence-corrected chi connectivity index (χ0v) is 69.6. The van der Waals surface area contributed by atoms with Crippen molar-refractivity contribution in [2.45, 2.75) is 24.7 Å². The fraction of sp³-hybridized carbons (Fsp3) is 0.0339. The van der Waals surface area contributed by atoms with Crippen LogP contribution < -0.4 is 0 Å². The molecular formula is C118H84N8. The third kappa shape index (κ3) is 13.9. The van der Waals surface area contributed by atoms with Gasteiger partial charge in [-0.15, -0.1) is 0 Å². The molecule has 0 unspecified atom stereocenters. The molecule has 0 N–H and O–H groups in total. The van der Waals surface area contributed by atoms with Crippen LogP contribution in [0.4, 0.5) is 0 Å². The quantitative estimate of drug-likeness (QED) is 0.0796. The highest BCUT2D eigenvalue weighted by atomic mass is 15.1. The number of benzene rings is 18. The molecule has 22 aromatic rings. The van der Waals surface area contributed by atoms with Crippen molar-refractivity contribution in [3.8, 4) is 102 Å². The molecule has 0 saturated heterocycles. The molecule has 0 aliphatic rings. The van der Waals surface area contributed by atoms with Gasteiger partial charge in [-0.2, -0.15) is 0 Å². The van der Waals surface area contributed by atoms with Gasteiger partial charge in [-0.05, 0) is 118 Å². The summed E-state index contributed by atoms with van der Waals surface area (Å²) in [5.41, 5.74) is 26.8. The molecule has 0 bridgehead atoms. The molecule has 0 fully saturated rings. The molecule has 0 spiro atoms. The van der Waals surface area contributed by atoms with Gasteiger partial charge in [0.25, 0.3) is 0 Å². The van der Waals surface area contributed by atoms with Gasteiger partial charge >= 0.3 is 0 Å². The van der Waals surface area contributed by atoms with Gasteiger partial charge in [-0.3, -0.25) is 0 Å². The molecule has 0 amide bonds. The molecule has 18 aromatic carbocycles. The second-order valence-electron chi connectivity index (χ2n) is 32.0. The molecule has 8 heteroatoms. The van der Waals surface area contributed by atoms with E-state index in [0.717, 1.165) is 94.6 Å². The first-order chi connectivity index (χ1) is 62.3. The number of fused-ring (bicyclic) bond motifs is 6. The third-order valence-corrected chi connectivity index (χ3v) is 24.6. The van der Waals surface area contributed by atoms with Gasteiger partial charge in [0.2, 0.25) is 0 Å². The summed E-state index contributed by atoms with van der Waals surface area (Å²) in [4.78, 5) is 31.5. The Morgan fingerprint density at radius 1 is 0.183 bits per heavy atom. The Morgan fingerprint density at radius 3 is 0.817 bits per heavy atom. The molecule has 126 heavy (non-hydrogen) atoms. The van der Waals surface area contributed by atoms with Crippen LogP contribution in [-0.2, 0) is 10.8 Å². The van der Waals surface area contributed by atoms with Crippen LogP contribution >= 0.6 is 0 Å². The molecule has 4 heterocycles. The molecule has 0 saturated carbocycles. The maximum Gasteiger partial charge on any atom is 0.164 e. The number of rotatable bonds is 18. The third-order valence-electron chi connectivity index (χ3n) is 24.6. The van der Waals surface area contributed by atoms with E-state index in [4.69, 9.17) is 29.9 Å². The lowest BCUT2D eigenvalue weighted by molar-refractivity contribution is 0.745. The van der Waals surface area contributed by atoms with Crippen molar-refractivity contribution in [3.05, 3.63) is 529 Å². The number of hydrogen-bond donors (Lipinski definition) is 0. The summed E-state index contributed by atoms with van der Waals surface area (Å²) in [7, 11) is 0. The minimum absolute atomic E-state index is 0.585. The SMILES string of the molecule is Cc1ccc2c(c1)c1ccccc1n2-c1cccc(-c2nc(-c3ccccc3)nc(-c3ccccc3)n2)c1-c1ccc(C(c2ccccc2)(c2ccccc2)c2ccccc2)cc1.Cc1ccc2c(c1)c1ccccc1n2-c1cccc(-c2nc(-c3ccccc3)nc(-c3ccccc3)n2)c1-c1ccccc1C(c1ccccc1)(c1ccccc1)c1ccccc1. The Bertz CT molecular complexity index is 7350. The highest BCUT2D eigenvalue weighted by Crippen LogP contribution is 2.53. The molecule has 0 atom stereocenters. The maximum absolute atomic E-state index is 5.38. The van der Waals surface area contributed by atoms with Crippen LogP contribution in [0.25, 0.3) is 146 Å². The minimum atomic E-state index is -0.730. The zero-order valence-electron chi connectivity index (χ0n) is 69.6. The first-order valence-corrected chi connectivity index (χ1v) is 42.9. The Morgan fingerprint density at radius 2 is 0.452 bits per heavy atom. The van der Waals surface area contributed by atoms with E-state index in [1.165, 1.54) is 71.6 Å².